The fraction of sp³-hybridized carbons (Fsp3) is 0.643. The Morgan fingerprint density at radius 3 is 2.06 bits per heavy atom. The molecule has 0 aliphatic heterocycles. The molecule has 0 spiro atoms. The van der Waals surface area contributed by atoms with Gasteiger partial charge in [-0.3, -0.25) is 0 Å². The van der Waals surface area contributed by atoms with Gasteiger partial charge in [-0.15, -0.1) is 0 Å². The lowest BCUT2D eigenvalue weighted by atomic mass is 9.78. The van der Waals surface area contributed by atoms with Crippen LogP contribution in [-0.2, 0) is 0 Å². The van der Waals surface area contributed by atoms with Crippen molar-refractivity contribution in [3.8, 4) is 17.1 Å². The van der Waals surface area contributed by atoms with E-state index in [9.17, 15) is 0 Å². The second kappa shape index (κ2) is 13.5. The van der Waals surface area contributed by atoms with Gasteiger partial charge < -0.3 is 4.74 Å². The second-order valence-corrected chi connectivity index (χ2v) is 9.34. The highest BCUT2D eigenvalue weighted by atomic mass is 16.5. The van der Waals surface area contributed by atoms with Gasteiger partial charge in [0, 0.05) is 18.0 Å². The minimum Gasteiger partial charge on any atom is -0.494 e. The van der Waals surface area contributed by atoms with E-state index in [1.165, 1.54) is 82.6 Å². The molecule has 0 amide bonds. The molecule has 1 fully saturated rings. The zero-order valence-electron chi connectivity index (χ0n) is 19.8. The first kappa shape index (κ1) is 23.8. The molecule has 2 aromatic rings. The highest BCUT2D eigenvalue weighted by Crippen LogP contribution is 2.37. The molecule has 0 bridgehead atoms. The van der Waals surface area contributed by atoms with E-state index in [-0.39, 0.29) is 0 Å². The van der Waals surface area contributed by atoms with Crippen LogP contribution < -0.4 is 4.74 Å². The smallest absolute Gasteiger partial charge is 0.159 e. The summed E-state index contributed by atoms with van der Waals surface area (Å²) in [6, 6.07) is 8.24. The summed E-state index contributed by atoms with van der Waals surface area (Å²) in [5, 5.41) is 0. The summed E-state index contributed by atoms with van der Waals surface area (Å²) >= 11 is 0. The van der Waals surface area contributed by atoms with Gasteiger partial charge in [0.25, 0.3) is 0 Å². The van der Waals surface area contributed by atoms with Crippen molar-refractivity contribution in [3.63, 3.8) is 0 Å². The summed E-state index contributed by atoms with van der Waals surface area (Å²) in [7, 11) is 0. The minimum atomic E-state index is 0.643. The van der Waals surface area contributed by atoms with Crippen LogP contribution in [0.15, 0.2) is 36.7 Å². The zero-order chi connectivity index (χ0) is 21.7. The lowest BCUT2D eigenvalue weighted by Gasteiger charge is -2.28. The van der Waals surface area contributed by atoms with Gasteiger partial charge in [-0.2, -0.15) is 0 Å². The summed E-state index contributed by atoms with van der Waals surface area (Å²) in [4.78, 5) is 9.35. The SMILES string of the molecule is CCCCCCCCCOc1ccc(-c2ncc(C3CCC(CCC)CC3)cn2)cc1. The van der Waals surface area contributed by atoms with Crippen LogP contribution in [0.25, 0.3) is 11.4 Å². The van der Waals surface area contributed by atoms with Gasteiger partial charge in [-0.1, -0.05) is 65.2 Å². The van der Waals surface area contributed by atoms with Crippen molar-refractivity contribution in [2.75, 3.05) is 6.61 Å². The number of unbranched alkanes of at least 4 members (excludes halogenated alkanes) is 6. The van der Waals surface area contributed by atoms with Gasteiger partial charge in [0.2, 0.25) is 0 Å². The molecule has 1 aliphatic carbocycles. The molecule has 3 rings (SSSR count). The first-order valence-electron chi connectivity index (χ1n) is 12.8. The zero-order valence-corrected chi connectivity index (χ0v) is 19.8. The lowest BCUT2D eigenvalue weighted by Crippen LogP contribution is -2.13. The molecule has 3 nitrogen and oxygen atoms in total. The number of benzene rings is 1. The fourth-order valence-corrected chi connectivity index (χ4v) is 4.84. The average Bonchev–Trinajstić information content (AvgIpc) is 2.82. The molecular formula is C28H42N2O. The summed E-state index contributed by atoms with van der Waals surface area (Å²) in [6.45, 7) is 5.37. The first-order valence-corrected chi connectivity index (χ1v) is 12.8. The topological polar surface area (TPSA) is 35.0 Å². The van der Waals surface area contributed by atoms with Crippen LogP contribution in [-0.4, -0.2) is 16.6 Å². The number of hydrogen-bond acceptors (Lipinski definition) is 3. The maximum Gasteiger partial charge on any atom is 0.159 e. The molecule has 31 heavy (non-hydrogen) atoms. The highest BCUT2D eigenvalue weighted by Gasteiger charge is 2.22. The number of rotatable bonds is 13. The Hall–Kier alpha value is -1.90. The molecule has 1 aromatic carbocycles. The number of ether oxygens (including phenoxy) is 1. The van der Waals surface area contributed by atoms with Crippen LogP contribution in [0, 0.1) is 5.92 Å². The predicted molar refractivity (Wildman–Crippen MR) is 131 cm³/mol. The van der Waals surface area contributed by atoms with Gasteiger partial charge in [-0.25, -0.2) is 9.97 Å². The van der Waals surface area contributed by atoms with E-state index in [2.05, 4.69) is 48.3 Å². The molecule has 0 atom stereocenters. The average molecular weight is 423 g/mol. The summed E-state index contributed by atoms with van der Waals surface area (Å²) < 4.78 is 5.91. The molecule has 1 aromatic heterocycles. The third kappa shape index (κ3) is 7.94. The number of hydrogen-bond donors (Lipinski definition) is 0. The Kier molecular flexibility index (Phi) is 10.3. The molecular weight excluding hydrogens is 380 g/mol. The molecule has 1 aliphatic rings. The monoisotopic (exact) mass is 422 g/mol. The second-order valence-electron chi connectivity index (χ2n) is 9.34. The van der Waals surface area contributed by atoms with Crippen LogP contribution in [0.4, 0.5) is 0 Å². The molecule has 170 valence electrons. The van der Waals surface area contributed by atoms with Crippen LogP contribution in [0.3, 0.4) is 0 Å². The van der Waals surface area contributed by atoms with Crippen LogP contribution in [0.2, 0.25) is 0 Å². The van der Waals surface area contributed by atoms with Gasteiger partial charge >= 0.3 is 0 Å². The molecule has 0 saturated heterocycles. The van der Waals surface area contributed by atoms with Crippen molar-refractivity contribution in [2.24, 2.45) is 5.92 Å². The third-order valence-electron chi connectivity index (χ3n) is 6.82. The van der Waals surface area contributed by atoms with E-state index in [4.69, 9.17) is 4.74 Å². The molecule has 1 heterocycles. The summed E-state index contributed by atoms with van der Waals surface area (Å²) in [6.07, 6.45) is 21.3. The van der Waals surface area contributed by atoms with Gasteiger partial charge in [0.1, 0.15) is 5.75 Å². The Morgan fingerprint density at radius 1 is 0.774 bits per heavy atom. The van der Waals surface area contributed by atoms with Crippen molar-refractivity contribution in [1.82, 2.24) is 9.97 Å². The maximum absolute atomic E-state index is 5.91. The maximum atomic E-state index is 5.91. The Bertz CT molecular complexity index is 718. The fourth-order valence-electron chi connectivity index (χ4n) is 4.84. The lowest BCUT2D eigenvalue weighted by molar-refractivity contribution is 0.304. The van der Waals surface area contributed by atoms with Gasteiger partial charge in [-0.05, 0) is 73.8 Å². The van der Waals surface area contributed by atoms with Crippen LogP contribution in [0.1, 0.15) is 109 Å². The predicted octanol–water partition coefficient (Wildman–Crippen LogP) is 8.35. The van der Waals surface area contributed by atoms with Crippen molar-refractivity contribution in [2.45, 2.75) is 103 Å². The van der Waals surface area contributed by atoms with Gasteiger partial charge in [0.05, 0.1) is 6.61 Å². The van der Waals surface area contributed by atoms with E-state index in [1.54, 1.807) is 0 Å². The molecule has 0 radical (unpaired) electrons. The van der Waals surface area contributed by atoms with E-state index >= 15 is 0 Å². The van der Waals surface area contributed by atoms with Crippen molar-refractivity contribution in [1.29, 1.82) is 0 Å². The van der Waals surface area contributed by atoms with Crippen LogP contribution >= 0.6 is 0 Å². The quantitative estimate of drug-likeness (QED) is 0.304. The molecule has 3 heteroatoms. The Morgan fingerprint density at radius 2 is 1.42 bits per heavy atom. The van der Waals surface area contributed by atoms with Crippen molar-refractivity contribution < 1.29 is 4.74 Å². The van der Waals surface area contributed by atoms with E-state index in [0.29, 0.717) is 5.92 Å². The van der Waals surface area contributed by atoms with Gasteiger partial charge in [0.15, 0.2) is 5.82 Å². The molecule has 0 N–H and O–H groups in total. The first-order chi connectivity index (χ1) is 15.3. The standard InChI is InChI=1S/C28H42N2O/c1-3-5-6-7-8-9-10-20-31-27-18-16-25(17-19-27)28-29-21-26(22-30-28)24-14-12-23(11-4-2)13-15-24/h16-19,21-24H,3-15,20H2,1-2H3. The molecule has 1 saturated carbocycles. The largest absolute Gasteiger partial charge is 0.494 e. The molecule has 0 unspecified atom stereocenters. The summed E-state index contributed by atoms with van der Waals surface area (Å²) in [5.41, 5.74) is 2.37. The van der Waals surface area contributed by atoms with Crippen molar-refractivity contribution >= 4 is 0 Å². The van der Waals surface area contributed by atoms with E-state index in [0.717, 1.165) is 36.1 Å². The van der Waals surface area contributed by atoms with Crippen molar-refractivity contribution in [3.05, 3.63) is 42.2 Å². The van der Waals surface area contributed by atoms with E-state index in [1.807, 2.05) is 12.1 Å². The van der Waals surface area contributed by atoms with Crippen LogP contribution in [0.5, 0.6) is 5.75 Å². The highest BCUT2D eigenvalue weighted by molar-refractivity contribution is 5.56. The third-order valence-corrected chi connectivity index (χ3v) is 6.82. The Balaban J connectivity index is 1.40. The van der Waals surface area contributed by atoms with E-state index < -0.39 is 0 Å². The normalized spacial score (nSPS) is 18.8. The number of aromatic nitrogens is 2. The minimum absolute atomic E-state index is 0.643. The number of nitrogens with zero attached hydrogens (tertiary/aromatic N) is 2. The Labute approximate surface area is 190 Å². The summed E-state index contributed by atoms with van der Waals surface area (Å²) in [5.74, 6) is 3.33.